The number of carbonyl (C=O) groups is 2. The highest BCUT2D eigenvalue weighted by atomic mass is 32.2. The Morgan fingerprint density at radius 1 is 1.00 bits per heavy atom. The number of aliphatic carboxylic acids is 1. The molecule has 3 aliphatic carbocycles. The Balaban J connectivity index is 1.45. The summed E-state index contributed by atoms with van der Waals surface area (Å²) in [5.74, 6) is -1.74. The molecular formula is C18H24N2O5S2. The van der Waals surface area contributed by atoms with E-state index in [0.717, 1.165) is 25.7 Å². The Morgan fingerprint density at radius 3 is 2.11 bits per heavy atom. The standard InChI is InChI=1S/C18H24N2O5S2/c21-17(15-12-3-5-13(6-4-12)16(15)18(22)23)19-7-9-20(10-8-19)27(24,25)14-2-1-11-26-14/h1-2,11-13,15-16H,3-10H2,(H,22,23). The van der Waals surface area contributed by atoms with Crippen LogP contribution in [0.2, 0.25) is 0 Å². The lowest BCUT2D eigenvalue weighted by Crippen LogP contribution is -2.56. The molecule has 0 aromatic carbocycles. The number of hydrogen-bond acceptors (Lipinski definition) is 5. The van der Waals surface area contributed by atoms with E-state index in [2.05, 4.69) is 0 Å². The van der Waals surface area contributed by atoms with E-state index in [-0.39, 0.29) is 30.8 Å². The molecule has 1 N–H and O–H groups in total. The molecule has 5 rings (SSSR count). The largest absolute Gasteiger partial charge is 0.481 e. The minimum absolute atomic E-state index is 0.0926. The maximum absolute atomic E-state index is 13.1. The van der Waals surface area contributed by atoms with Crippen molar-refractivity contribution in [2.24, 2.45) is 23.7 Å². The summed E-state index contributed by atoms with van der Waals surface area (Å²) in [5, 5.41) is 11.4. The first-order valence-corrected chi connectivity index (χ1v) is 11.8. The topological polar surface area (TPSA) is 95.0 Å². The number of sulfonamides is 1. The summed E-state index contributed by atoms with van der Waals surface area (Å²) in [6.45, 7) is 1.16. The molecule has 2 atom stereocenters. The molecule has 1 amide bonds. The van der Waals surface area contributed by atoms with Crippen molar-refractivity contribution in [2.45, 2.75) is 29.9 Å². The number of carboxylic acid groups (broad SMARTS) is 1. The van der Waals surface area contributed by atoms with Crippen molar-refractivity contribution in [3.63, 3.8) is 0 Å². The van der Waals surface area contributed by atoms with Gasteiger partial charge in [0, 0.05) is 26.2 Å². The number of piperazine rings is 1. The Hall–Kier alpha value is -1.45. The molecule has 148 valence electrons. The molecule has 1 aromatic heterocycles. The van der Waals surface area contributed by atoms with Gasteiger partial charge in [0.25, 0.3) is 10.0 Å². The zero-order chi connectivity index (χ0) is 19.2. The van der Waals surface area contributed by atoms with Crippen LogP contribution in [0, 0.1) is 23.7 Å². The van der Waals surface area contributed by atoms with Gasteiger partial charge in [-0.1, -0.05) is 6.07 Å². The number of amides is 1. The van der Waals surface area contributed by atoms with Crippen LogP contribution in [0.3, 0.4) is 0 Å². The first-order valence-electron chi connectivity index (χ1n) is 9.45. The van der Waals surface area contributed by atoms with E-state index in [9.17, 15) is 23.1 Å². The van der Waals surface area contributed by atoms with Crippen LogP contribution < -0.4 is 0 Å². The number of carbonyl (C=O) groups excluding carboxylic acids is 1. The molecule has 2 bridgehead atoms. The van der Waals surface area contributed by atoms with Crippen LogP contribution in [0.25, 0.3) is 0 Å². The molecule has 0 radical (unpaired) electrons. The van der Waals surface area contributed by atoms with E-state index in [1.54, 1.807) is 22.4 Å². The van der Waals surface area contributed by atoms with Crippen molar-refractivity contribution < 1.29 is 23.1 Å². The summed E-state index contributed by atoms with van der Waals surface area (Å²) in [6, 6.07) is 3.30. The summed E-state index contributed by atoms with van der Waals surface area (Å²) >= 11 is 1.19. The minimum atomic E-state index is -3.51. The number of fused-ring (bicyclic) bond motifs is 3. The molecule has 0 spiro atoms. The first kappa shape index (κ1) is 18.9. The molecule has 1 aliphatic heterocycles. The van der Waals surface area contributed by atoms with Gasteiger partial charge in [-0.2, -0.15) is 4.31 Å². The number of carboxylic acids is 1. The minimum Gasteiger partial charge on any atom is -0.481 e. The van der Waals surface area contributed by atoms with Gasteiger partial charge in [0.2, 0.25) is 5.91 Å². The average molecular weight is 413 g/mol. The summed E-state index contributed by atoms with van der Waals surface area (Å²) < 4.78 is 27.0. The Labute approximate surface area is 163 Å². The maximum Gasteiger partial charge on any atom is 0.307 e. The normalized spacial score (nSPS) is 31.8. The third-order valence-electron chi connectivity index (χ3n) is 6.43. The molecule has 2 unspecified atom stereocenters. The van der Waals surface area contributed by atoms with E-state index >= 15 is 0 Å². The highest BCUT2D eigenvalue weighted by Crippen LogP contribution is 2.49. The summed E-state index contributed by atoms with van der Waals surface area (Å²) in [4.78, 5) is 26.6. The van der Waals surface area contributed by atoms with Crippen LogP contribution in [0.5, 0.6) is 0 Å². The van der Waals surface area contributed by atoms with Gasteiger partial charge < -0.3 is 10.0 Å². The van der Waals surface area contributed by atoms with Crippen molar-refractivity contribution in [1.29, 1.82) is 0 Å². The van der Waals surface area contributed by atoms with E-state index < -0.39 is 27.8 Å². The van der Waals surface area contributed by atoms with Crippen LogP contribution in [0.1, 0.15) is 25.7 Å². The zero-order valence-corrected chi connectivity index (χ0v) is 16.6. The molecule has 27 heavy (non-hydrogen) atoms. The second-order valence-corrected chi connectivity index (χ2v) is 10.8. The monoisotopic (exact) mass is 412 g/mol. The third-order valence-corrected chi connectivity index (χ3v) is 9.70. The molecule has 1 aromatic rings. The lowest BCUT2D eigenvalue weighted by atomic mass is 9.58. The summed E-state index contributed by atoms with van der Waals surface area (Å²) in [7, 11) is -3.51. The quantitative estimate of drug-likeness (QED) is 0.812. The van der Waals surface area contributed by atoms with Crippen LogP contribution in [-0.2, 0) is 19.6 Å². The fourth-order valence-corrected chi connectivity index (χ4v) is 7.62. The van der Waals surface area contributed by atoms with E-state index in [0.29, 0.717) is 17.3 Å². The second-order valence-electron chi connectivity index (χ2n) is 7.73. The highest BCUT2D eigenvalue weighted by Gasteiger charge is 2.51. The lowest BCUT2D eigenvalue weighted by molar-refractivity contribution is -0.162. The van der Waals surface area contributed by atoms with E-state index in [4.69, 9.17) is 0 Å². The van der Waals surface area contributed by atoms with Crippen molar-refractivity contribution in [3.8, 4) is 0 Å². The number of thiophene rings is 1. The molecule has 7 nitrogen and oxygen atoms in total. The smallest absolute Gasteiger partial charge is 0.307 e. The van der Waals surface area contributed by atoms with Crippen LogP contribution in [0.4, 0.5) is 0 Å². The van der Waals surface area contributed by atoms with Gasteiger partial charge in [0.05, 0.1) is 11.8 Å². The van der Waals surface area contributed by atoms with E-state index in [1.807, 2.05) is 0 Å². The second kappa shape index (κ2) is 7.18. The molecule has 4 fully saturated rings. The molecule has 1 saturated heterocycles. The van der Waals surface area contributed by atoms with Gasteiger partial charge in [-0.25, -0.2) is 8.42 Å². The Kier molecular flexibility index (Phi) is 5.02. The van der Waals surface area contributed by atoms with Crippen LogP contribution in [-0.4, -0.2) is 60.8 Å². The SMILES string of the molecule is O=C(O)C1C2CCC(CC2)C1C(=O)N1CCN(S(=O)(=O)c2cccs2)CC1. The van der Waals surface area contributed by atoms with Gasteiger partial charge in [-0.05, 0) is 49.0 Å². The van der Waals surface area contributed by atoms with Crippen molar-refractivity contribution >= 4 is 33.2 Å². The van der Waals surface area contributed by atoms with Crippen molar-refractivity contribution in [2.75, 3.05) is 26.2 Å². The summed E-state index contributed by atoms with van der Waals surface area (Å²) in [6.07, 6.45) is 3.66. The van der Waals surface area contributed by atoms with Gasteiger partial charge in [-0.3, -0.25) is 9.59 Å². The predicted octanol–water partition coefficient (Wildman–Crippen LogP) is 1.72. The highest BCUT2D eigenvalue weighted by molar-refractivity contribution is 7.91. The van der Waals surface area contributed by atoms with Crippen molar-refractivity contribution in [1.82, 2.24) is 9.21 Å². The first-order chi connectivity index (χ1) is 12.9. The summed E-state index contributed by atoms with van der Waals surface area (Å²) in [5.41, 5.74) is 0. The van der Waals surface area contributed by atoms with Crippen molar-refractivity contribution in [3.05, 3.63) is 17.5 Å². The van der Waals surface area contributed by atoms with Gasteiger partial charge in [0.1, 0.15) is 4.21 Å². The molecule has 3 saturated carbocycles. The van der Waals surface area contributed by atoms with Crippen LogP contribution >= 0.6 is 11.3 Å². The fourth-order valence-electron chi connectivity index (χ4n) is 5.06. The average Bonchev–Trinajstić information content (AvgIpc) is 3.23. The van der Waals surface area contributed by atoms with Gasteiger partial charge in [0.15, 0.2) is 0 Å². The number of nitrogens with zero attached hydrogens (tertiary/aromatic N) is 2. The number of rotatable bonds is 4. The lowest BCUT2D eigenvalue weighted by Gasteiger charge is -2.48. The van der Waals surface area contributed by atoms with E-state index in [1.165, 1.54) is 15.6 Å². The Bertz CT molecular complexity index is 807. The fraction of sp³-hybridized carbons (Fsp3) is 0.667. The maximum atomic E-state index is 13.1. The zero-order valence-electron chi connectivity index (χ0n) is 15.0. The molecule has 9 heteroatoms. The number of hydrogen-bond donors (Lipinski definition) is 1. The van der Waals surface area contributed by atoms with Gasteiger partial charge in [-0.15, -0.1) is 11.3 Å². The predicted molar refractivity (Wildman–Crippen MR) is 99.7 cm³/mol. The Morgan fingerprint density at radius 2 is 1.59 bits per heavy atom. The molecule has 4 aliphatic rings. The third kappa shape index (κ3) is 3.30. The molecular weight excluding hydrogens is 388 g/mol. The van der Waals surface area contributed by atoms with Crippen LogP contribution in [0.15, 0.2) is 21.7 Å². The molecule has 2 heterocycles. The van der Waals surface area contributed by atoms with Gasteiger partial charge >= 0.3 is 5.97 Å².